The molecule has 0 atom stereocenters. The molecule has 0 aliphatic heterocycles. The van der Waals surface area contributed by atoms with Crippen molar-refractivity contribution in [2.45, 2.75) is 35.5 Å². The van der Waals surface area contributed by atoms with E-state index >= 15 is 0 Å². The summed E-state index contributed by atoms with van der Waals surface area (Å²) in [5, 5.41) is -5.25. The molecule has 0 aliphatic rings. The molecule has 0 saturated heterocycles. The maximum Gasteiger partial charge on any atom is 0.385 e. The number of alkyl halides is 12. The lowest BCUT2D eigenvalue weighted by molar-refractivity contribution is -0.415. The predicted molar refractivity (Wildman–Crippen MR) is 59.7 cm³/mol. The summed E-state index contributed by atoms with van der Waals surface area (Å²) in [5.41, 5.74) is 0. The quantitative estimate of drug-likeness (QED) is 0.422. The Kier molecular flexibility index (Phi) is 5.70. The van der Waals surface area contributed by atoms with Crippen molar-refractivity contribution in [2.24, 2.45) is 0 Å². The minimum Gasteiger partial charge on any atom is -0.193 e. The SMILES string of the molecule is C=C(Cl)C(F)(F)C(F)(F)C(F)(F)C(F)(F)C(F)(F)C(F)(F)C(=C)Cl. The first kappa shape index (κ1) is 23.2. The zero-order chi connectivity index (χ0) is 20.2. The summed E-state index contributed by atoms with van der Waals surface area (Å²) in [5.74, 6) is -42.8. The molecule has 0 unspecified atom stereocenters. The monoisotopic (exact) mass is 422 g/mol. The summed E-state index contributed by atoms with van der Waals surface area (Å²) in [6.07, 6.45) is 0. The number of halogens is 14. The molecule has 0 amide bonds. The van der Waals surface area contributed by atoms with Crippen LogP contribution in [0.2, 0.25) is 0 Å². The molecule has 142 valence electrons. The first-order chi connectivity index (χ1) is 10.1. The first-order valence-corrected chi connectivity index (χ1v) is 5.86. The lowest BCUT2D eigenvalue weighted by atomic mass is 9.91. The molecule has 0 aromatic heterocycles. The van der Waals surface area contributed by atoms with E-state index in [1.807, 2.05) is 13.2 Å². The van der Waals surface area contributed by atoms with Crippen LogP contribution < -0.4 is 0 Å². The summed E-state index contributed by atoms with van der Waals surface area (Å²) in [7, 11) is 0. The van der Waals surface area contributed by atoms with Crippen LogP contribution in [0.4, 0.5) is 52.7 Å². The van der Waals surface area contributed by atoms with E-state index in [4.69, 9.17) is 0 Å². The number of hydrogen-bond acceptors (Lipinski definition) is 0. The van der Waals surface area contributed by atoms with Crippen molar-refractivity contribution in [2.75, 3.05) is 0 Å². The second kappa shape index (κ2) is 5.89. The van der Waals surface area contributed by atoms with Gasteiger partial charge in [-0.3, -0.25) is 0 Å². The van der Waals surface area contributed by atoms with E-state index in [9.17, 15) is 52.7 Å². The average Bonchev–Trinajstić information content (AvgIpc) is 2.36. The van der Waals surface area contributed by atoms with Crippen molar-refractivity contribution in [3.63, 3.8) is 0 Å². The van der Waals surface area contributed by atoms with Gasteiger partial charge < -0.3 is 0 Å². The highest BCUT2D eigenvalue weighted by Gasteiger charge is 2.90. The number of rotatable bonds is 7. The van der Waals surface area contributed by atoms with Gasteiger partial charge in [0, 0.05) is 0 Å². The normalized spacial score (nSPS) is 15.4. The second-order valence-electron chi connectivity index (χ2n) is 4.26. The molecule has 0 aliphatic carbocycles. The highest BCUT2D eigenvalue weighted by molar-refractivity contribution is 6.30. The van der Waals surface area contributed by atoms with Crippen molar-refractivity contribution < 1.29 is 52.7 Å². The van der Waals surface area contributed by atoms with Crippen molar-refractivity contribution in [1.29, 1.82) is 0 Å². The van der Waals surface area contributed by atoms with E-state index in [0.717, 1.165) is 0 Å². The van der Waals surface area contributed by atoms with Gasteiger partial charge in [-0.2, -0.15) is 52.7 Å². The fourth-order valence-corrected chi connectivity index (χ4v) is 1.37. The Morgan fingerprint density at radius 2 is 0.625 bits per heavy atom. The molecular formula is C10H4Cl2F12. The maximum atomic E-state index is 13.2. The fraction of sp³-hybridized carbons (Fsp3) is 0.600. The zero-order valence-corrected chi connectivity index (χ0v) is 12.2. The molecule has 0 aromatic rings. The predicted octanol–water partition coefficient (Wildman–Crippen LogP) is 6.30. The van der Waals surface area contributed by atoms with Crippen LogP contribution >= 0.6 is 23.2 Å². The van der Waals surface area contributed by atoms with Gasteiger partial charge in [0.05, 0.1) is 10.1 Å². The first-order valence-electron chi connectivity index (χ1n) is 5.10. The third kappa shape index (κ3) is 2.74. The molecule has 0 aromatic carbocycles. The van der Waals surface area contributed by atoms with E-state index in [1.165, 1.54) is 0 Å². The Morgan fingerprint density at radius 1 is 0.458 bits per heavy atom. The van der Waals surface area contributed by atoms with E-state index in [1.54, 1.807) is 0 Å². The molecule has 0 nitrogen and oxygen atoms in total. The van der Waals surface area contributed by atoms with Gasteiger partial charge in [-0.25, -0.2) is 0 Å². The summed E-state index contributed by atoms with van der Waals surface area (Å²) >= 11 is 8.58. The van der Waals surface area contributed by atoms with Gasteiger partial charge in [0.15, 0.2) is 0 Å². The summed E-state index contributed by atoms with van der Waals surface area (Å²) in [4.78, 5) is 0. The zero-order valence-electron chi connectivity index (χ0n) is 10.7. The van der Waals surface area contributed by atoms with Crippen LogP contribution in [0.25, 0.3) is 0 Å². The minimum atomic E-state index is -7.71. The molecule has 0 radical (unpaired) electrons. The van der Waals surface area contributed by atoms with Crippen LogP contribution in [0.1, 0.15) is 0 Å². The average molecular weight is 423 g/mol. The Balaban J connectivity index is 6.48. The van der Waals surface area contributed by atoms with E-state index in [2.05, 4.69) is 23.2 Å². The number of hydrogen-bond donors (Lipinski definition) is 0. The third-order valence-electron chi connectivity index (χ3n) is 2.65. The molecular weight excluding hydrogens is 419 g/mol. The van der Waals surface area contributed by atoms with Gasteiger partial charge >= 0.3 is 35.5 Å². The summed E-state index contributed by atoms with van der Waals surface area (Å²) < 4.78 is 157. The van der Waals surface area contributed by atoms with Gasteiger partial charge in [-0.15, -0.1) is 0 Å². The van der Waals surface area contributed by atoms with Crippen molar-refractivity contribution in [3.8, 4) is 0 Å². The van der Waals surface area contributed by atoms with Crippen molar-refractivity contribution in [3.05, 3.63) is 23.2 Å². The molecule has 0 rings (SSSR count). The van der Waals surface area contributed by atoms with E-state index in [0.29, 0.717) is 0 Å². The third-order valence-corrected chi connectivity index (χ3v) is 3.13. The molecule has 0 saturated carbocycles. The molecule has 0 spiro atoms. The van der Waals surface area contributed by atoms with Crippen LogP contribution in [-0.4, -0.2) is 35.5 Å². The van der Waals surface area contributed by atoms with Crippen molar-refractivity contribution in [1.82, 2.24) is 0 Å². The Labute approximate surface area is 135 Å². The standard InChI is InChI=1S/C10H4Cl2F12/c1-3(11)5(13,14)7(17,18)9(21,22)10(23,24)8(19,20)6(15,16)4(2)12/h1-2H2. The van der Waals surface area contributed by atoms with Gasteiger partial charge in [0.2, 0.25) is 0 Å². The van der Waals surface area contributed by atoms with Gasteiger partial charge in [0.1, 0.15) is 0 Å². The minimum absolute atomic E-state index is 1.91. The Hall–Kier alpha value is -0.780. The van der Waals surface area contributed by atoms with Crippen LogP contribution in [0.3, 0.4) is 0 Å². The second-order valence-corrected chi connectivity index (χ2v) is 5.17. The topological polar surface area (TPSA) is 0 Å². The summed E-state index contributed by atoms with van der Waals surface area (Å²) in [6.45, 7) is 3.83. The lowest BCUT2D eigenvalue weighted by Crippen LogP contribution is -2.70. The van der Waals surface area contributed by atoms with Gasteiger partial charge in [-0.05, 0) is 0 Å². The molecule has 0 heterocycles. The Bertz CT molecular complexity index is 488. The van der Waals surface area contributed by atoms with Crippen LogP contribution in [0.15, 0.2) is 23.2 Å². The summed E-state index contributed by atoms with van der Waals surface area (Å²) in [6, 6.07) is 0. The molecule has 0 fully saturated rings. The largest absolute Gasteiger partial charge is 0.385 e. The highest BCUT2D eigenvalue weighted by Crippen LogP contribution is 2.62. The maximum absolute atomic E-state index is 13.2. The Morgan fingerprint density at radius 3 is 0.750 bits per heavy atom. The smallest absolute Gasteiger partial charge is 0.193 e. The fourth-order valence-electron chi connectivity index (χ4n) is 1.13. The van der Waals surface area contributed by atoms with Gasteiger partial charge in [0.25, 0.3) is 0 Å². The molecule has 14 heteroatoms. The van der Waals surface area contributed by atoms with Crippen LogP contribution in [0.5, 0.6) is 0 Å². The number of allylic oxidation sites excluding steroid dienone is 2. The van der Waals surface area contributed by atoms with Crippen molar-refractivity contribution >= 4 is 23.2 Å². The van der Waals surface area contributed by atoms with E-state index in [-0.39, 0.29) is 0 Å². The van der Waals surface area contributed by atoms with Crippen LogP contribution in [-0.2, 0) is 0 Å². The lowest BCUT2D eigenvalue weighted by Gasteiger charge is -2.41. The van der Waals surface area contributed by atoms with Crippen LogP contribution in [0, 0.1) is 0 Å². The highest BCUT2D eigenvalue weighted by atomic mass is 35.5. The molecule has 24 heavy (non-hydrogen) atoms. The molecule has 0 N–H and O–H groups in total. The van der Waals surface area contributed by atoms with E-state index < -0.39 is 45.6 Å². The van der Waals surface area contributed by atoms with Gasteiger partial charge in [-0.1, -0.05) is 36.4 Å². The molecule has 0 bridgehead atoms.